The minimum atomic E-state index is -0.558. The lowest BCUT2D eigenvalue weighted by atomic mass is 10.2. The van der Waals surface area contributed by atoms with Crippen LogP contribution in [0.1, 0.15) is 34.7 Å². The number of benzene rings is 3. The second kappa shape index (κ2) is 10.5. The van der Waals surface area contributed by atoms with E-state index in [1.54, 1.807) is 41.8 Å². The molecule has 174 valence electrons. The zero-order valence-electron chi connectivity index (χ0n) is 17.8. The maximum absolute atomic E-state index is 13.2. The largest absolute Gasteiger partial charge is 0.342 e. The summed E-state index contributed by atoms with van der Waals surface area (Å²) >= 11 is 14.0. The van der Waals surface area contributed by atoms with Gasteiger partial charge in [-0.1, -0.05) is 47.1 Å². The molecule has 10 heteroatoms. The highest BCUT2D eigenvalue weighted by atomic mass is 35.5. The number of aromatic nitrogens is 3. The average Bonchev–Trinajstić information content (AvgIpc) is 3.23. The molecule has 0 radical (unpaired) electrons. The van der Waals surface area contributed by atoms with E-state index in [1.165, 1.54) is 48.2 Å². The van der Waals surface area contributed by atoms with Crippen molar-refractivity contribution in [1.29, 1.82) is 0 Å². The molecule has 3 aromatic carbocycles. The van der Waals surface area contributed by atoms with Crippen molar-refractivity contribution in [3.05, 3.63) is 105 Å². The SMILES string of the molecule is CC(NC(=O)c1ccc(F)cc1)c1nnc(SCc2ccc(F)cc2)n1-c1ccc(Cl)cc1Cl. The molecule has 0 spiro atoms. The molecular weight excluding hydrogens is 501 g/mol. The van der Waals surface area contributed by atoms with Crippen molar-refractivity contribution in [1.82, 2.24) is 20.1 Å². The lowest BCUT2D eigenvalue weighted by Gasteiger charge is -2.17. The number of halogens is 4. The molecule has 1 amide bonds. The number of thioether (sulfide) groups is 1. The van der Waals surface area contributed by atoms with Crippen molar-refractivity contribution >= 4 is 40.9 Å². The molecular formula is C24H18Cl2F2N4OS. The average molecular weight is 519 g/mol. The van der Waals surface area contributed by atoms with Crippen LogP contribution < -0.4 is 5.32 Å². The minimum Gasteiger partial charge on any atom is -0.342 e. The summed E-state index contributed by atoms with van der Waals surface area (Å²) in [6, 6.07) is 15.9. The summed E-state index contributed by atoms with van der Waals surface area (Å²) in [5, 5.41) is 12.9. The van der Waals surface area contributed by atoms with E-state index in [2.05, 4.69) is 15.5 Å². The fraction of sp³-hybridized carbons (Fsp3) is 0.125. The molecule has 0 aliphatic rings. The van der Waals surface area contributed by atoms with Gasteiger partial charge >= 0.3 is 0 Å². The Kier molecular flexibility index (Phi) is 7.50. The topological polar surface area (TPSA) is 59.8 Å². The molecule has 1 N–H and O–H groups in total. The monoisotopic (exact) mass is 518 g/mol. The van der Waals surface area contributed by atoms with Crippen LogP contribution in [0.2, 0.25) is 10.0 Å². The Morgan fingerprint density at radius 3 is 2.29 bits per heavy atom. The zero-order valence-corrected chi connectivity index (χ0v) is 20.1. The van der Waals surface area contributed by atoms with E-state index in [0.29, 0.717) is 38.0 Å². The van der Waals surface area contributed by atoms with Crippen LogP contribution in [0, 0.1) is 11.6 Å². The first kappa shape index (κ1) is 24.2. The lowest BCUT2D eigenvalue weighted by molar-refractivity contribution is 0.0938. The van der Waals surface area contributed by atoms with Crippen molar-refractivity contribution in [2.45, 2.75) is 23.9 Å². The second-order valence-electron chi connectivity index (χ2n) is 7.39. The molecule has 0 aliphatic heterocycles. The van der Waals surface area contributed by atoms with Gasteiger partial charge in [0, 0.05) is 16.3 Å². The van der Waals surface area contributed by atoms with E-state index in [4.69, 9.17) is 23.2 Å². The van der Waals surface area contributed by atoms with E-state index in [-0.39, 0.29) is 11.7 Å². The molecule has 1 atom stereocenters. The summed E-state index contributed by atoms with van der Waals surface area (Å²) in [6.07, 6.45) is 0. The Morgan fingerprint density at radius 1 is 1.00 bits per heavy atom. The molecule has 0 bridgehead atoms. The van der Waals surface area contributed by atoms with Gasteiger partial charge in [-0.25, -0.2) is 8.78 Å². The highest BCUT2D eigenvalue weighted by Gasteiger charge is 2.23. The van der Waals surface area contributed by atoms with Gasteiger partial charge in [0.1, 0.15) is 11.6 Å². The number of rotatable bonds is 7. The second-order valence-corrected chi connectivity index (χ2v) is 9.18. The molecule has 4 aromatic rings. The maximum atomic E-state index is 13.2. The van der Waals surface area contributed by atoms with E-state index in [0.717, 1.165) is 5.56 Å². The van der Waals surface area contributed by atoms with Crippen LogP contribution in [-0.2, 0) is 5.75 Å². The number of hydrogen-bond donors (Lipinski definition) is 1. The molecule has 1 aromatic heterocycles. The predicted molar refractivity (Wildman–Crippen MR) is 130 cm³/mol. The van der Waals surface area contributed by atoms with Gasteiger partial charge in [0.25, 0.3) is 5.91 Å². The molecule has 0 saturated carbocycles. The zero-order chi connectivity index (χ0) is 24.2. The minimum absolute atomic E-state index is 0.308. The normalized spacial score (nSPS) is 11.9. The van der Waals surface area contributed by atoms with E-state index in [1.807, 2.05) is 0 Å². The molecule has 0 aliphatic carbocycles. The number of carbonyl (C=O) groups excluding carboxylic acids is 1. The summed E-state index contributed by atoms with van der Waals surface area (Å²) in [5.74, 6) is -0.159. The number of amides is 1. The number of nitrogens with zero attached hydrogens (tertiary/aromatic N) is 3. The molecule has 0 saturated heterocycles. The fourth-order valence-electron chi connectivity index (χ4n) is 3.22. The Balaban J connectivity index is 1.65. The Bertz CT molecular complexity index is 1310. The first-order valence-electron chi connectivity index (χ1n) is 10.2. The van der Waals surface area contributed by atoms with Gasteiger partial charge in [-0.2, -0.15) is 0 Å². The fourth-order valence-corrected chi connectivity index (χ4v) is 4.62. The lowest BCUT2D eigenvalue weighted by Crippen LogP contribution is -2.28. The maximum Gasteiger partial charge on any atom is 0.251 e. The van der Waals surface area contributed by atoms with Crippen LogP contribution in [0.3, 0.4) is 0 Å². The highest BCUT2D eigenvalue weighted by Crippen LogP contribution is 2.32. The number of hydrogen-bond acceptors (Lipinski definition) is 4. The third-order valence-corrected chi connectivity index (χ3v) is 6.47. The standard InChI is InChI=1S/C24H18Cl2F2N4OS/c1-14(29-23(33)16-4-9-19(28)10-5-16)22-30-31-24(34-13-15-2-7-18(27)8-3-15)32(22)21-11-6-17(25)12-20(21)26/h2-12,14H,13H2,1H3,(H,29,33). The van der Waals surface area contributed by atoms with Crippen LogP contribution in [0.5, 0.6) is 0 Å². The first-order chi connectivity index (χ1) is 16.3. The van der Waals surface area contributed by atoms with E-state index < -0.39 is 11.9 Å². The van der Waals surface area contributed by atoms with Gasteiger partial charge in [0.2, 0.25) is 0 Å². The Labute approximate surface area is 209 Å². The van der Waals surface area contributed by atoms with Crippen LogP contribution in [0.4, 0.5) is 8.78 Å². The molecule has 5 nitrogen and oxygen atoms in total. The summed E-state index contributed by atoms with van der Waals surface area (Å²) in [4.78, 5) is 12.7. The highest BCUT2D eigenvalue weighted by molar-refractivity contribution is 7.98. The predicted octanol–water partition coefficient (Wildman–Crippen LogP) is 6.64. The third-order valence-electron chi connectivity index (χ3n) is 4.93. The van der Waals surface area contributed by atoms with Gasteiger partial charge in [-0.15, -0.1) is 10.2 Å². The van der Waals surface area contributed by atoms with Gasteiger partial charge in [0.15, 0.2) is 11.0 Å². The summed E-state index contributed by atoms with van der Waals surface area (Å²) in [7, 11) is 0. The molecule has 0 fully saturated rings. The van der Waals surface area contributed by atoms with E-state index in [9.17, 15) is 13.6 Å². The number of carbonyl (C=O) groups is 1. The molecule has 4 rings (SSSR count). The van der Waals surface area contributed by atoms with Crippen LogP contribution in [0.15, 0.2) is 71.9 Å². The van der Waals surface area contributed by atoms with Crippen LogP contribution in [-0.4, -0.2) is 20.7 Å². The van der Waals surface area contributed by atoms with Crippen LogP contribution in [0.25, 0.3) is 5.69 Å². The number of nitrogens with one attached hydrogen (secondary N) is 1. The molecule has 1 unspecified atom stereocenters. The summed E-state index contributed by atoms with van der Waals surface area (Å²) in [6.45, 7) is 1.76. The Morgan fingerprint density at radius 2 is 1.65 bits per heavy atom. The Hall–Kier alpha value is -2.94. The third kappa shape index (κ3) is 5.58. The van der Waals surface area contributed by atoms with Gasteiger partial charge in [0.05, 0.1) is 16.8 Å². The van der Waals surface area contributed by atoms with Crippen molar-refractivity contribution in [2.75, 3.05) is 0 Å². The van der Waals surface area contributed by atoms with Crippen LogP contribution >= 0.6 is 35.0 Å². The van der Waals surface area contributed by atoms with E-state index >= 15 is 0 Å². The first-order valence-corrected chi connectivity index (χ1v) is 11.9. The molecule has 34 heavy (non-hydrogen) atoms. The smallest absolute Gasteiger partial charge is 0.251 e. The molecule has 1 heterocycles. The van der Waals surface area contributed by atoms with Crippen molar-refractivity contribution < 1.29 is 13.6 Å². The van der Waals surface area contributed by atoms with Gasteiger partial charge in [-0.3, -0.25) is 9.36 Å². The van der Waals surface area contributed by atoms with Crippen molar-refractivity contribution in [2.24, 2.45) is 0 Å². The van der Waals surface area contributed by atoms with Crippen molar-refractivity contribution in [3.63, 3.8) is 0 Å². The van der Waals surface area contributed by atoms with Crippen molar-refractivity contribution in [3.8, 4) is 5.69 Å². The summed E-state index contributed by atoms with van der Waals surface area (Å²) in [5.41, 5.74) is 1.81. The van der Waals surface area contributed by atoms with Gasteiger partial charge in [-0.05, 0) is 67.1 Å². The quantitative estimate of drug-likeness (QED) is 0.278. The van der Waals surface area contributed by atoms with Gasteiger partial charge < -0.3 is 5.32 Å². The summed E-state index contributed by atoms with van der Waals surface area (Å²) < 4.78 is 28.2.